The summed E-state index contributed by atoms with van der Waals surface area (Å²) in [7, 11) is -3.31. The largest absolute Gasteiger partial charge is 0.325 e. The Labute approximate surface area is 152 Å². The number of carbonyl (C=O) groups excluding carboxylic acids is 1. The molecule has 0 aliphatic carbocycles. The molecule has 3 aromatic rings. The van der Waals surface area contributed by atoms with Crippen molar-refractivity contribution in [3.8, 4) is 10.7 Å². The summed E-state index contributed by atoms with van der Waals surface area (Å²) in [5.74, 6) is 0.516. The quantitative estimate of drug-likeness (QED) is 0.623. The number of H-pyrrole nitrogens is 1. The first-order chi connectivity index (χ1) is 11.9. The Bertz CT molecular complexity index is 981. The molecule has 1 aromatic carbocycles. The molecule has 0 radical (unpaired) electrons. The highest BCUT2D eigenvalue weighted by atomic mass is 32.2. The minimum absolute atomic E-state index is 0.116. The van der Waals surface area contributed by atoms with Gasteiger partial charge in [0, 0.05) is 11.9 Å². The molecular formula is C15H14N4O3S3. The lowest BCUT2D eigenvalue weighted by Gasteiger charge is -2.05. The fourth-order valence-corrected chi connectivity index (χ4v) is 3.90. The number of benzene rings is 1. The maximum Gasteiger partial charge on any atom is 0.234 e. The lowest BCUT2D eigenvalue weighted by atomic mass is 10.3. The number of sulfone groups is 1. The number of nitrogens with one attached hydrogen (secondary N) is 2. The van der Waals surface area contributed by atoms with Gasteiger partial charge in [0.1, 0.15) is 0 Å². The highest BCUT2D eigenvalue weighted by Gasteiger charge is 2.11. The SMILES string of the molecule is CS(=O)(=O)c1cccc(NC(=O)CSc2n[nH]c(-c3cccs3)n2)c1. The van der Waals surface area contributed by atoms with E-state index in [0.717, 1.165) is 11.1 Å². The van der Waals surface area contributed by atoms with Crippen LogP contribution in [0.25, 0.3) is 10.7 Å². The Morgan fingerprint density at radius 2 is 2.16 bits per heavy atom. The predicted octanol–water partition coefficient (Wildman–Crippen LogP) is 2.67. The third kappa shape index (κ3) is 4.68. The number of amides is 1. The average molecular weight is 395 g/mol. The topological polar surface area (TPSA) is 105 Å². The van der Waals surface area contributed by atoms with Crippen molar-refractivity contribution in [1.29, 1.82) is 0 Å². The van der Waals surface area contributed by atoms with E-state index in [9.17, 15) is 13.2 Å². The Morgan fingerprint density at radius 3 is 2.88 bits per heavy atom. The van der Waals surface area contributed by atoms with Crippen LogP contribution in [0.2, 0.25) is 0 Å². The van der Waals surface area contributed by atoms with Gasteiger partial charge in [0.25, 0.3) is 0 Å². The van der Waals surface area contributed by atoms with E-state index >= 15 is 0 Å². The van der Waals surface area contributed by atoms with Gasteiger partial charge in [-0.3, -0.25) is 9.89 Å². The highest BCUT2D eigenvalue weighted by Crippen LogP contribution is 2.23. The summed E-state index contributed by atoms with van der Waals surface area (Å²) in [6, 6.07) is 9.99. The Morgan fingerprint density at radius 1 is 1.32 bits per heavy atom. The standard InChI is InChI=1S/C15H14N4O3S3/c1-25(21,22)11-5-2-4-10(8-11)16-13(20)9-24-15-17-14(18-19-15)12-6-3-7-23-12/h2-8H,9H2,1H3,(H,16,20)(H,17,18,19). The lowest BCUT2D eigenvalue weighted by Crippen LogP contribution is -2.14. The molecule has 0 aliphatic heterocycles. The van der Waals surface area contributed by atoms with Crippen molar-refractivity contribution in [3.05, 3.63) is 41.8 Å². The first kappa shape index (κ1) is 17.6. The predicted molar refractivity (Wildman–Crippen MR) is 98.6 cm³/mol. The van der Waals surface area contributed by atoms with Gasteiger partial charge in [-0.25, -0.2) is 13.4 Å². The molecular weight excluding hydrogens is 380 g/mol. The summed E-state index contributed by atoms with van der Waals surface area (Å²) >= 11 is 2.74. The summed E-state index contributed by atoms with van der Waals surface area (Å²) in [6.07, 6.45) is 1.12. The summed E-state index contributed by atoms with van der Waals surface area (Å²) < 4.78 is 23.1. The lowest BCUT2D eigenvalue weighted by molar-refractivity contribution is -0.113. The molecule has 10 heteroatoms. The zero-order valence-electron chi connectivity index (χ0n) is 13.1. The van der Waals surface area contributed by atoms with Crippen LogP contribution >= 0.6 is 23.1 Å². The third-order valence-electron chi connectivity index (χ3n) is 3.10. The molecule has 130 valence electrons. The first-order valence-corrected chi connectivity index (χ1v) is 10.9. The number of anilines is 1. The van der Waals surface area contributed by atoms with Crippen LogP contribution in [0.4, 0.5) is 5.69 Å². The number of thiophene rings is 1. The van der Waals surface area contributed by atoms with E-state index in [0.29, 0.717) is 16.7 Å². The Balaban J connectivity index is 1.58. The number of rotatable bonds is 6. The smallest absolute Gasteiger partial charge is 0.234 e. The number of thioether (sulfide) groups is 1. The number of aromatic nitrogens is 3. The maximum atomic E-state index is 12.0. The molecule has 25 heavy (non-hydrogen) atoms. The monoisotopic (exact) mass is 394 g/mol. The normalized spacial score (nSPS) is 11.4. The third-order valence-corrected chi connectivity index (χ3v) is 5.93. The van der Waals surface area contributed by atoms with Crippen molar-refractivity contribution < 1.29 is 13.2 Å². The Kier molecular flexibility index (Phi) is 5.21. The van der Waals surface area contributed by atoms with E-state index < -0.39 is 9.84 Å². The zero-order valence-corrected chi connectivity index (χ0v) is 15.5. The molecule has 0 saturated carbocycles. The van der Waals surface area contributed by atoms with Crippen molar-refractivity contribution >= 4 is 44.5 Å². The summed E-state index contributed by atoms with van der Waals surface area (Å²) in [6.45, 7) is 0. The molecule has 0 fully saturated rings. The van der Waals surface area contributed by atoms with E-state index in [2.05, 4.69) is 20.5 Å². The number of carbonyl (C=O) groups is 1. The van der Waals surface area contributed by atoms with Crippen LogP contribution in [0.15, 0.2) is 51.8 Å². The number of hydrogen-bond donors (Lipinski definition) is 2. The summed E-state index contributed by atoms with van der Waals surface area (Å²) in [5.41, 5.74) is 0.433. The second-order valence-electron chi connectivity index (χ2n) is 5.08. The minimum Gasteiger partial charge on any atom is -0.325 e. The van der Waals surface area contributed by atoms with E-state index in [1.165, 1.54) is 23.9 Å². The zero-order chi connectivity index (χ0) is 17.9. The van der Waals surface area contributed by atoms with Crippen molar-refractivity contribution in [2.75, 3.05) is 17.3 Å². The van der Waals surface area contributed by atoms with Gasteiger partial charge in [0.15, 0.2) is 15.7 Å². The van der Waals surface area contributed by atoms with Gasteiger partial charge in [0.2, 0.25) is 11.1 Å². The molecule has 2 N–H and O–H groups in total. The van der Waals surface area contributed by atoms with Crippen molar-refractivity contribution in [1.82, 2.24) is 15.2 Å². The molecule has 0 bridgehead atoms. The van der Waals surface area contributed by atoms with Gasteiger partial charge in [-0.15, -0.1) is 16.4 Å². The summed E-state index contributed by atoms with van der Waals surface area (Å²) in [4.78, 5) is 17.5. The van der Waals surface area contributed by atoms with Gasteiger partial charge < -0.3 is 5.32 Å². The molecule has 7 nitrogen and oxygen atoms in total. The van der Waals surface area contributed by atoms with Crippen molar-refractivity contribution in [2.24, 2.45) is 0 Å². The van der Waals surface area contributed by atoms with Crippen LogP contribution in [-0.2, 0) is 14.6 Å². The van der Waals surface area contributed by atoms with E-state index in [1.807, 2.05) is 17.5 Å². The fourth-order valence-electron chi connectivity index (χ4n) is 1.97. The van der Waals surface area contributed by atoms with E-state index in [4.69, 9.17) is 0 Å². The van der Waals surface area contributed by atoms with Gasteiger partial charge in [-0.05, 0) is 29.6 Å². The van der Waals surface area contributed by atoms with E-state index in [-0.39, 0.29) is 16.6 Å². The Hall–Kier alpha value is -2.17. The molecule has 2 heterocycles. The minimum atomic E-state index is -3.31. The maximum absolute atomic E-state index is 12.0. The molecule has 0 spiro atoms. The second-order valence-corrected chi connectivity index (χ2v) is 8.99. The van der Waals surface area contributed by atoms with Crippen LogP contribution in [0.1, 0.15) is 0 Å². The summed E-state index contributed by atoms with van der Waals surface area (Å²) in [5, 5.41) is 12.0. The molecule has 0 unspecified atom stereocenters. The van der Waals surface area contributed by atoms with Gasteiger partial charge in [-0.2, -0.15) is 0 Å². The molecule has 0 aliphatic rings. The number of nitrogens with zero attached hydrogens (tertiary/aromatic N) is 2. The van der Waals surface area contributed by atoms with Gasteiger partial charge in [-0.1, -0.05) is 23.9 Å². The van der Waals surface area contributed by atoms with Crippen LogP contribution in [-0.4, -0.2) is 41.5 Å². The van der Waals surface area contributed by atoms with Crippen LogP contribution in [0, 0.1) is 0 Å². The molecule has 3 rings (SSSR count). The van der Waals surface area contributed by atoms with Crippen LogP contribution < -0.4 is 5.32 Å². The number of hydrogen-bond acceptors (Lipinski definition) is 7. The molecule has 0 saturated heterocycles. The van der Waals surface area contributed by atoms with Gasteiger partial charge in [0.05, 0.1) is 15.5 Å². The van der Waals surface area contributed by atoms with Crippen LogP contribution in [0.5, 0.6) is 0 Å². The fraction of sp³-hybridized carbons (Fsp3) is 0.133. The van der Waals surface area contributed by atoms with Gasteiger partial charge >= 0.3 is 0 Å². The van der Waals surface area contributed by atoms with Crippen molar-refractivity contribution in [2.45, 2.75) is 10.1 Å². The molecule has 1 amide bonds. The van der Waals surface area contributed by atoms with E-state index in [1.54, 1.807) is 23.5 Å². The van der Waals surface area contributed by atoms with Crippen LogP contribution in [0.3, 0.4) is 0 Å². The molecule has 0 atom stereocenters. The van der Waals surface area contributed by atoms with Crippen molar-refractivity contribution in [3.63, 3.8) is 0 Å². The molecule has 2 aromatic heterocycles. The first-order valence-electron chi connectivity index (χ1n) is 7.11. The average Bonchev–Trinajstić information content (AvgIpc) is 3.24. The number of aromatic amines is 1. The second kappa shape index (κ2) is 7.38. The highest BCUT2D eigenvalue weighted by molar-refractivity contribution is 7.99.